The zero-order chi connectivity index (χ0) is 11.0. The molecule has 80 valence electrons. The number of hydrogen-bond acceptors (Lipinski definition) is 3. The Morgan fingerprint density at radius 1 is 1.53 bits per heavy atom. The predicted molar refractivity (Wildman–Crippen MR) is 50.9 cm³/mol. The van der Waals surface area contributed by atoms with Crippen molar-refractivity contribution in [2.45, 2.75) is 25.3 Å². The Kier molecular flexibility index (Phi) is 2.18. The first-order valence-corrected chi connectivity index (χ1v) is 4.64. The van der Waals surface area contributed by atoms with Crippen LogP contribution >= 0.6 is 0 Å². The zero-order valence-corrected chi connectivity index (χ0v) is 7.90. The van der Waals surface area contributed by atoms with E-state index < -0.39 is 17.2 Å². The highest BCUT2D eigenvalue weighted by atomic mass is 16.4. The molecule has 0 saturated heterocycles. The summed E-state index contributed by atoms with van der Waals surface area (Å²) in [5, 5.41) is 8.65. The summed E-state index contributed by atoms with van der Waals surface area (Å²) < 4.78 is 1.37. The van der Waals surface area contributed by atoms with E-state index in [4.69, 9.17) is 5.11 Å². The number of nitrogens with zero attached hydrogens (tertiary/aromatic N) is 1. The minimum atomic E-state index is -1.05. The highest BCUT2D eigenvalue weighted by Gasteiger charge is 2.27. The van der Waals surface area contributed by atoms with Gasteiger partial charge in [-0.3, -0.25) is 19.1 Å². The topological polar surface area (TPSA) is 92.2 Å². The summed E-state index contributed by atoms with van der Waals surface area (Å²) in [6.45, 7) is 0. The number of H-pyrrole nitrogens is 1. The Morgan fingerprint density at radius 2 is 2.20 bits per heavy atom. The van der Waals surface area contributed by atoms with Gasteiger partial charge >= 0.3 is 11.7 Å². The van der Waals surface area contributed by atoms with E-state index in [1.807, 2.05) is 0 Å². The standard InChI is InChI=1S/C9H10N2O4/c12-7-3-6(4-8(13)14)11(5-1-2-5)9(15)10-7/h3,5H,1-2,4H2,(H,13,14)(H,10,12,15). The second-order valence-electron chi connectivity index (χ2n) is 3.60. The molecular formula is C9H10N2O4. The molecule has 0 bridgehead atoms. The van der Waals surface area contributed by atoms with Crippen LogP contribution in [-0.4, -0.2) is 20.6 Å². The van der Waals surface area contributed by atoms with Crippen molar-refractivity contribution >= 4 is 5.97 Å². The first kappa shape index (κ1) is 9.70. The monoisotopic (exact) mass is 210 g/mol. The molecule has 0 aromatic carbocycles. The van der Waals surface area contributed by atoms with Crippen molar-refractivity contribution in [3.8, 4) is 0 Å². The van der Waals surface area contributed by atoms with E-state index in [0.29, 0.717) is 0 Å². The molecule has 2 N–H and O–H groups in total. The number of carboxylic acids is 1. The number of nitrogens with one attached hydrogen (secondary N) is 1. The third-order valence-electron chi connectivity index (χ3n) is 2.30. The van der Waals surface area contributed by atoms with Gasteiger partial charge in [-0.05, 0) is 12.8 Å². The average Bonchev–Trinajstić information content (AvgIpc) is 2.84. The first-order valence-electron chi connectivity index (χ1n) is 4.64. The molecule has 0 unspecified atom stereocenters. The fourth-order valence-corrected chi connectivity index (χ4v) is 1.58. The third kappa shape index (κ3) is 1.98. The Bertz CT molecular complexity index is 510. The van der Waals surface area contributed by atoms with E-state index in [2.05, 4.69) is 4.98 Å². The summed E-state index contributed by atoms with van der Waals surface area (Å²) in [6.07, 6.45) is 1.42. The summed E-state index contributed by atoms with van der Waals surface area (Å²) in [6, 6.07) is 1.23. The lowest BCUT2D eigenvalue weighted by Gasteiger charge is -2.08. The summed E-state index contributed by atoms with van der Waals surface area (Å²) in [7, 11) is 0. The van der Waals surface area contributed by atoms with E-state index in [-0.39, 0.29) is 18.2 Å². The van der Waals surface area contributed by atoms with Crippen LogP contribution < -0.4 is 11.2 Å². The maximum absolute atomic E-state index is 11.4. The van der Waals surface area contributed by atoms with Crippen LogP contribution in [0.15, 0.2) is 15.7 Å². The van der Waals surface area contributed by atoms with Gasteiger partial charge in [0.1, 0.15) is 0 Å². The molecule has 0 spiro atoms. The average molecular weight is 210 g/mol. The highest BCUT2D eigenvalue weighted by Crippen LogP contribution is 2.34. The number of carboxylic acid groups (broad SMARTS) is 1. The Morgan fingerprint density at radius 3 is 2.73 bits per heavy atom. The van der Waals surface area contributed by atoms with Crippen LogP contribution in [0.4, 0.5) is 0 Å². The van der Waals surface area contributed by atoms with E-state index >= 15 is 0 Å². The van der Waals surface area contributed by atoms with Crippen LogP contribution in [0.5, 0.6) is 0 Å². The van der Waals surface area contributed by atoms with Crippen LogP contribution in [0.3, 0.4) is 0 Å². The highest BCUT2D eigenvalue weighted by molar-refractivity contribution is 5.69. The van der Waals surface area contributed by atoms with Gasteiger partial charge in [0.25, 0.3) is 5.56 Å². The SMILES string of the molecule is O=C(O)Cc1cc(=O)[nH]c(=O)n1C1CC1. The molecule has 15 heavy (non-hydrogen) atoms. The maximum atomic E-state index is 11.4. The fourth-order valence-electron chi connectivity index (χ4n) is 1.58. The van der Waals surface area contributed by atoms with Gasteiger partial charge in [0.05, 0.1) is 6.42 Å². The summed E-state index contributed by atoms with van der Waals surface area (Å²) in [4.78, 5) is 35.2. The lowest BCUT2D eigenvalue weighted by atomic mass is 10.3. The first-order chi connectivity index (χ1) is 7.08. The number of hydrogen-bond donors (Lipinski definition) is 2. The summed E-state index contributed by atoms with van der Waals surface area (Å²) in [5.74, 6) is -1.05. The molecule has 0 amide bonds. The summed E-state index contributed by atoms with van der Waals surface area (Å²) >= 11 is 0. The van der Waals surface area contributed by atoms with Crippen molar-refractivity contribution in [1.29, 1.82) is 0 Å². The third-order valence-corrected chi connectivity index (χ3v) is 2.30. The molecule has 1 aliphatic rings. The molecule has 1 aliphatic carbocycles. The van der Waals surface area contributed by atoms with Gasteiger partial charge in [-0.15, -0.1) is 0 Å². The lowest BCUT2D eigenvalue weighted by molar-refractivity contribution is -0.136. The largest absolute Gasteiger partial charge is 0.481 e. The smallest absolute Gasteiger partial charge is 0.328 e. The molecule has 1 heterocycles. The molecule has 0 atom stereocenters. The van der Waals surface area contributed by atoms with Gasteiger partial charge in [0.2, 0.25) is 0 Å². The molecule has 6 nitrogen and oxygen atoms in total. The molecule has 1 fully saturated rings. The number of rotatable bonds is 3. The number of aromatic amines is 1. The van der Waals surface area contributed by atoms with Crippen molar-refractivity contribution in [3.05, 3.63) is 32.6 Å². The van der Waals surface area contributed by atoms with Crippen LogP contribution in [0.25, 0.3) is 0 Å². The minimum absolute atomic E-state index is 0.0590. The van der Waals surface area contributed by atoms with Gasteiger partial charge in [-0.25, -0.2) is 4.79 Å². The molecule has 1 aromatic rings. The molecule has 1 aromatic heterocycles. The Hall–Kier alpha value is -1.85. The van der Waals surface area contributed by atoms with Crippen LogP contribution in [0.2, 0.25) is 0 Å². The summed E-state index contributed by atoms with van der Waals surface area (Å²) in [5.41, 5.74) is -0.784. The van der Waals surface area contributed by atoms with Gasteiger partial charge in [0.15, 0.2) is 0 Å². The number of aliphatic carboxylic acids is 1. The maximum Gasteiger partial charge on any atom is 0.328 e. The van der Waals surface area contributed by atoms with Gasteiger partial charge in [0, 0.05) is 17.8 Å². The number of carbonyl (C=O) groups is 1. The molecule has 6 heteroatoms. The van der Waals surface area contributed by atoms with Crippen molar-refractivity contribution in [2.24, 2.45) is 0 Å². The van der Waals surface area contributed by atoms with E-state index in [9.17, 15) is 14.4 Å². The van der Waals surface area contributed by atoms with E-state index in [1.165, 1.54) is 10.6 Å². The van der Waals surface area contributed by atoms with Gasteiger partial charge in [-0.1, -0.05) is 0 Å². The van der Waals surface area contributed by atoms with Crippen molar-refractivity contribution < 1.29 is 9.90 Å². The second-order valence-corrected chi connectivity index (χ2v) is 3.60. The Labute approximate surface area is 84.2 Å². The van der Waals surface area contributed by atoms with Gasteiger partial charge in [-0.2, -0.15) is 0 Å². The Balaban J connectivity index is 2.53. The van der Waals surface area contributed by atoms with Crippen LogP contribution in [0.1, 0.15) is 24.6 Å². The fraction of sp³-hybridized carbons (Fsp3) is 0.444. The van der Waals surface area contributed by atoms with E-state index in [0.717, 1.165) is 12.8 Å². The number of aromatic nitrogens is 2. The predicted octanol–water partition coefficient (Wildman–Crippen LogP) is -0.501. The molecule has 1 saturated carbocycles. The molecular weight excluding hydrogens is 200 g/mol. The minimum Gasteiger partial charge on any atom is -0.481 e. The van der Waals surface area contributed by atoms with E-state index in [1.54, 1.807) is 0 Å². The zero-order valence-electron chi connectivity index (χ0n) is 7.90. The van der Waals surface area contributed by atoms with Gasteiger partial charge < -0.3 is 5.11 Å². The van der Waals surface area contributed by atoms with Crippen molar-refractivity contribution in [2.75, 3.05) is 0 Å². The van der Waals surface area contributed by atoms with Crippen LogP contribution in [0, 0.1) is 0 Å². The normalized spacial score (nSPS) is 15.2. The van der Waals surface area contributed by atoms with Crippen molar-refractivity contribution in [3.63, 3.8) is 0 Å². The molecule has 0 radical (unpaired) electrons. The lowest BCUT2D eigenvalue weighted by Crippen LogP contribution is -2.32. The molecule has 0 aliphatic heterocycles. The van der Waals surface area contributed by atoms with Crippen molar-refractivity contribution in [1.82, 2.24) is 9.55 Å². The molecule has 2 rings (SSSR count). The van der Waals surface area contributed by atoms with Crippen LogP contribution in [-0.2, 0) is 11.2 Å². The quantitative estimate of drug-likeness (QED) is 0.703. The second kappa shape index (κ2) is 3.38.